The summed E-state index contributed by atoms with van der Waals surface area (Å²) < 4.78 is 33.6. The zero-order valence-electron chi connectivity index (χ0n) is 16.0. The van der Waals surface area contributed by atoms with Crippen molar-refractivity contribution < 1.29 is 22.7 Å². The van der Waals surface area contributed by atoms with Gasteiger partial charge in [-0.1, -0.05) is 42.5 Å². The van der Waals surface area contributed by atoms with Gasteiger partial charge in [0.2, 0.25) is 0 Å². The molecule has 152 valence electrons. The molecule has 0 radical (unpaired) electrons. The van der Waals surface area contributed by atoms with Crippen molar-refractivity contribution in [3.05, 3.63) is 88.5 Å². The Hall–Kier alpha value is -3.49. The molecule has 0 amide bonds. The lowest BCUT2D eigenvalue weighted by Crippen LogP contribution is -2.24. The van der Waals surface area contributed by atoms with E-state index in [-0.39, 0.29) is 39.6 Å². The van der Waals surface area contributed by atoms with Crippen molar-refractivity contribution in [2.24, 2.45) is 5.73 Å². The van der Waals surface area contributed by atoms with E-state index in [4.69, 9.17) is 10.5 Å². The second-order valence-electron chi connectivity index (χ2n) is 6.72. The number of nitrogens with one attached hydrogen (secondary N) is 1. The Morgan fingerprint density at radius 2 is 1.57 bits per heavy atom. The summed E-state index contributed by atoms with van der Waals surface area (Å²) in [5, 5.41) is 0. The Labute approximate surface area is 173 Å². The molecule has 3 aromatic carbocycles. The molecule has 0 unspecified atom stereocenters. The molecule has 0 spiro atoms. The van der Waals surface area contributed by atoms with Crippen molar-refractivity contribution >= 4 is 27.3 Å². The number of rotatable bonds is 5. The van der Waals surface area contributed by atoms with Crippen LogP contribution in [-0.2, 0) is 16.6 Å². The molecule has 1 aliphatic rings. The number of nitrogens with two attached hydrogens (primary N) is 1. The van der Waals surface area contributed by atoms with Crippen molar-refractivity contribution in [2.75, 3.05) is 11.8 Å². The maximum absolute atomic E-state index is 13.1. The van der Waals surface area contributed by atoms with Crippen LogP contribution in [0.2, 0.25) is 0 Å². The fourth-order valence-corrected chi connectivity index (χ4v) is 4.58. The summed E-state index contributed by atoms with van der Waals surface area (Å²) in [4.78, 5) is 25.8. The highest BCUT2D eigenvalue weighted by molar-refractivity contribution is 7.92. The van der Waals surface area contributed by atoms with Crippen LogP contribution in [0, 0.1) is 0 Å². The zero-order chi connectivity index (χ0) is 21.5. The van der Waals surface area contributed by atoms with Gasteiger partial charge in [0.05, 0.1) is 23.3 Å². The van der Waals surface area contributed by atoms with E-state index in [2.05, 4.69) is 4.72 Å². The number of hydrogen-bond acceptors (Lipinski definition) is 6. The van der Waals surface area contributed by atoms with E-state index in [0.29, 0.717) is 16.9 Å². The highest BCUT2D eigenvalue weighted by atomic mass is 32.2. The highest BCUT2D eigenvalue weighted by Gasteiger charge is 2.32. The van der Waals surface area contributed by atoms with Crippen LogP contribution in [0.25, 0.3) is 0 Å². The van der Waals surface area contributed by atoms with Gasteiger partial charge in [-0.15, -0.1) is 0 Å². The van der Waals surface area contributed by atoms with Crippen LogP contribution in [0.3, 0.4) is 0 Å². The summed E-state index contributed by atoms with van der Waals surface area (Å²) in [6, 6.07) is 15.3. The third-order valence-electron chi connectivity index (χ3n) is 4.99. The normalized spacial score (nSPS) is 12.9. The van der Waals surface area contributed by atoms with Gasteiger partial charge in [0.25, 0.3) is 10.0 Å². The minimum atomic E-state index is -4.06. The monoisotopic (exact) mass is 422 g/mol. The second kappa shape index (κ2) is 7.40. The van der Waals surface area contributed by atoms with Gasteiger partial charge in [-0.3, -0.25) is 14.3 Å². The molecule has 3 N–H and O–H groups in total. The average Bonchev–Trinajstić information content (AvgIpc) is 2.76. The molecule has 0 aliphatic heterocycles. The van der Waals surface area contributed by atoms with Crippen molar-refractivity contribution in [1.29, 1.82) is 0 Å². The minimum absolute atomic E-state index is 0.0373. The van der Waals surface area contributed by atoms with Crippen molar-refractivity contribution in [2.45, 2.75) is 11.4 Å². The molecule has 0 heterocycles. The molecule has 4 rings (SSSR count). The van der Waals surface area contributed by atoms with Gasteiger partial charge in [0.15, 0.2) is 11.6 Å². The van der Waals surface area contributed by atoms with Gasteiger partial charge in [-0.2, -0.15) is 0 Å². The smallest absolute Gasteiger partial charge is 0.262 e. The zero-order valence-corrected chi connectivity index (χ0v) is 16.8. The molecular formula is C22H18N2O5S. The average molecular weight is 422 g/mol. The van der Waals surface area contributed by atoms with Crippen LogP contribution in [0.4, 0.5) is 5.69 Å². The number of sulfonamides is 1. The standard InChI is InChI=1S/C22H18N2O5S/c1-29-19-11-14(10-9-13(19)12-23)30(27,28)24-18-8-4-7-17-20(18)22(26)16-6-3-2-5-15(16)21(17)25/h2-11,24H,12,23H2,1H3. The van der Waals surface area contributed by atoms with E-state index in [1.807, 2.05) is 0 Å². The van der Waals surface area contributed by atoms with Gasteiger partial charge < -0.3 is 10.5 Å². The number of ketones is 2. The van der Waals surface area contributed by atoms with Crippen LogP contribution >= 0.6 is 0 Å². The fourth-order valence-electron chi connectivity index (χ4n) is 3.49. The van der Waals surface area contributed by atoms with Crippen molar-refractivity contribution in [1.82, 2.24) is 0 Å². The van der Waals surface area contributed by atoms with Gasteiger partial charge >= 0.3 is 0 Å². The van der Waals surface area contributed by atoms with Crippen LogP contribution in [-0.4, -0.2) is 27.1 Å². The predicted molar refractivity (Wildman–Crippen MR) is 111 cm³/mol. The third-order valence-corrected chi connectivity index (χ3v) is 6.35. The molecule has 0 saturated heterocycles. The van der Waals surface area contributed by atoms with Gasteiger partial charge in [0, 0.05) is 34.9 Å². The van der Waals surface area contributed by atoms with Gasteiger partial charge in [0.1, 0.15) is 5.75 Å². The molecule has 0 atom stereocenters. The molecule has 0 fully saturated rings. The SMILES string of the molecule is COc1cc(S(=O)(=O)Nc2cccc3c2C(=O)c2ccccc2C3=O)ccc1CN. The van der Waals surface area contributed by atoms with Crippen LogP contribution in [0.1, 0.15) is 37.4 Å². The second-order valence-corrected chi connectivity index (χ2v) is 8.40. The number of carbonyl (C=O) groups is 2. The van der Waals surface area contributed by atoms with Crippen molar-refractivity contribution in [3.8, 4) is 5.75 Å². The Bertz CT molecular complexity index is 1300. The number of anilines is 1. The first-order valence-corrected chi connectivity index (χ1v) is 10.6. The number of fused-ring (bicyclic) bond motifs is 2. The minimum Gasteiger partial charge on any atom is -0.496 e. The Morgan fingerprint density at radius 1 is 0.900 bits per heavy atom. The molecule has 0 bridgehead atoms. The van der Waals surface area contributed by atoms with Crippen LogP contribution in [0.15, 0.2) is 65.6 Å². The summed E-state index contributed by atoms with van der Waals surface area (Å²) in [6.07, 6.45) is 0. The summed E-state index contributed by atoms with van der Waals surface area (Å²) >= 11 is 0. The predicted octanol–water partition coefficient (Wildman–Crippen LogP) is 2.73. The first kappa shape index (κ1) is 19.8. The molecule has 7 nitrogen and oxygen atoms in total. The van der Waals surface area contributed by atoms with Gasteiger partial charge in [-0.05, 0) is 12.1 Å². The largest absolute Gasteiger partial charge is 0.496 e. The Kier molecular flexibility index (Phi) is 4.89. The van der Waals surface area contributed by atoms with Crippen LogP contribution in [0.5, 0.6) is 5.75 Å². The van der Waals surface area contributed by atoms with E-state index >= 15 is 0 Å². The first-order valence-electron chi connectivity index (χ1n) is 9.08. The number of methoxy groups -OCH3 is 1. The lowest BCUT2D eigenvalue weighted by atomic mass is 9.83. The highest BCUT2D eigenvalue weighted by Crippen LogP contribution is 2.33. The maximum Gasteiger partial charge on any atom is 0.262 e. The summed E-state index contributed by atoms with van der Waals surface area (Å²) in [7, 11) is -2.63. The molecule has 0 aromatic heterocycles. The topological polar surface area (TPSA) is 116 Å². The number of carbonyl (C=O) groups excluding carboxylic acids is 2. The number of benzene rings is 3. The molecule has 1 aliphatic carbocycles. The molecule has 3 aromatic rings. The lowest BCUT2D eigenvalue weighted by Gasteiger charge is -2.20. The molecular weight excluding hydrogens is 404 g/mol. The van der Waals surface area contributed by atoms with E-state index in [1.165, 1.54) is 37.4 Å². The summed E-state index contributed by atoms with van der Waals surface area (Å²) in [6.45, 7) is 0.194. The van der Waals surface area contributed by atoms with E-state index in [9.17, 15) is 18.0 Å². The van der Waals surface area contributed by atoms with Crippen molar-refractivity contribution in [3.63, 3.8) is 0 Å². The molecule has 8 heteroatoms. The summed E-state index contributed by atoms with van der Waals surface area (Å²) in [5.41, 5.74) is 7.09. The Balaban J connectivity index is 1.79. The third kappa shape index (κ3) is 3.16. The van der Waals surface area contributed by atoms with Gasteiger partial charge in [-0.25, -0.2) is 8.42 Å². The molecule has 0 saturated carbocycles. The Morgan fingerprint density at radius 3 is 2.23 bits per heavy atom. The fraction of sp³-hybridized carbons (Fsp3) is 0.0909. The number of hydrogen-bond donors (Lipinski definition) is 2. The first-order chi connectivity index (χ1) is 14.4. The number of ether oxygens (including phenoxy) is 1. The van der Waals surface area contributed by atoms with E-state index in [1.54, 1.807) is 30.3 Å². The summed E-state index contributed by atoms with van der Waals surface area (Å²) in [5.74, 6) is -0.388. The van der Waals surface area contributed by atoms with Crippen LogP contribution < -0.4 is 15.2 Å². The van der Waals surface area contributed by atoms with E-state index < -0.39 is 15.8 Å². The maximum atomic E-state index is 13.1. The molecule has 30 heavy (non-hydrogen) atoms. The lowest BCUT2D eigenvalue weighted by molar-refractivity contribution is 0.0979. The quantitative estimate of drug-likeness (QED) is 0.511. The van der Waals surface area contributed by atoms with E-state index in [0.717, 1.165) is 0 Å².